The number of nitrogens with zero attached hydrogens (tertiary/aromatic N) is 2. The van der Waals surface area contributed by atoms with Crippen LogP contribution >= 0.6 is 23.1 Å². The monoisotopic (exact) mass is 428 g/mol. The normalized spacial score (nSPS) is 17.2. The van der Waals surface area contributed by atoms with Gasteiger partial charge < -0.3 is 19.9 Å². The average Bonchev–Trinajstić information content (AvgIpc) is 3.34. The van der Waals surface area contributed by atoms with Crippen LogP contribution in [-0.4, -0.2) is 50.1 Å². The van der Waals surface area contributed by atoms with Crippen molar-refractivity contribution in [3.05, 3.63) is 53.0 Å². The van der Waals surface area contributed by atoms with Crippen LogP contribution in [-0.2, 0) is 4.79 Å². The zero-order chi connectivity index (χ0) is 20.5. The van der Waals surface area contributed by atoms with E-state index in [9.17, 15) is 14.8 Å². The molecular weight excluding hydrogens is 411 g/mol. The standard InChI is InChI=1S/C19H17BN2O5S2/c1-10(11-2-4-12(5-3-11)20(25)26)27-13-6-7-14-16(8-13)29-18(21-14)17-22-15(9-28-17)19(23)24/h2-8,10,15,25-26H,9H2,1H3,(H,23,24). The SMILES string of the molecule is CC(Oc1ccc2nc(C3=NC(C(=O)O)CS3)sc2c1)c1ccc(B(O)O)cc1. The molecule has 0 saturated heterocycles. The van der Waals surface area contributed by atoms with E-state index in [1.54, 1.807) is 24.3 Å². The summed E-state index contributed by atoms with van der Waals surface area (Å²) in [6, 6.07) is 11.8. The third-order valence-electron chi connectivity index (χ3n) is 4.50. The average molecular weight is 428 g/mol. The molecule has 1 aromatic heterocycles. The second kappa shape index (κ2) is 8.15. The van der Waals surface area contributed by atoms with E-state index in [4.69, 9.17) is 9.84 Å². The highest BCUT2D eigenvalue weighted by molar-refractivity contribution is 8.15. The number of benzene rings is 2. The minimum Gasteiger partial charge on any atom is -0.486 e. The summed E-state index contributed by atoms with van der Waals surface area (Å²) in [5, 5.41) is 28.9. The Labute approximate surface area is 175 Å². The van der Waals surface area contributed by atoms with E-state index < -0.39 is 19.1 Å². The van der Waals surface area contributed by atoms with Gasteiger partial charge in [-0.15, -0.1) is 23.1 Å². The van der Waals surface area contributed by atoms with Gasteiger partial charge in [0.25, 0.3) is 0 Å². The van der Waals surface area contributed by atoms with Crippen LogP contribution in [0.2, 0.25) is 0 Å². The number of thiazole rings is 1. The number of aromatic nitrogens is 1. The first-order chi connectivity index (χ1) is 13.9. The summed E-state index contributed by atoms with van der Waals surface area (Å²) in [7, 11) is -1.49. The van der Waals surface area contributed by atoms with E-state index in [1.165, 1.54) is 23.1 Å². The summed E-state index contributed by atoms with van der Waals surface area (Å²) < 4.78 is 6.97. The van der Waals surface area contributed by atoms with Crippen LogP contribution in [0.4, 0.5) is 0 Å². The summed E-state index contributed by atoms with van der Waals surface area (Å²) in [5.41, 5.74) is 2.15. The van der Waals surface area contributed by atoms with Crippen LogP contribution in [0.5, 0.6) is 5.75 Å². The zero-order valence-electron chi connectivity index (χ0n) is 15.3. The lowest BCUT2D eigenvalue weighted by atomic mass is 9.80. The molecule has 0 fully saturated rings. The molecular formula is C19H17BN2O5S2. The second-order valence-corrected chi connectivity index (χ2v) is 8.59. The summed E-state index contributed by atoms with van der Waals surface area (Å²) in [4.78, 5) is 19.9. The van der Waals surface area contributed by atoms with Crippen molar-refractivity contribution in [1.29, 1.82) is 0 Å². The molecule has 1 aliphatic heterocycles. The number of rotatable bonds is 6. The Balaban J connectivity index is 1.52. The van der Waals surface area contributed by atoms with Crippen LogP contribution < -0.4 is 10.2 Å². The maximum atomic E-state index is 11.1. The van der Waals surface area contributed by atoms with Crippen LogP contribution in [0.25, 0.3) is 10.2 Å². The van der Waals surface area contributed by atoms with Crippen molar-refractivity contribution < 1.29 is 24.7 Å². The zero-order valence-corrected chi connectivity index (χ0v) is 17.0. The van der Waals surface area contributed by atoms with Crippen LogP contribution in [0.1, 0.15) is 23.6 Å². The third-order valence-corrected chi connectivity index (χ3v) is 6.70. The largest absolute Gasteiger partial charge is 0.488 e. The van der Waals surface area contributed by atoms with Gasteiger partial charge >= 0.3 is 13.1 Å². The van der Waals surface area contributed by atoms with Crippen molar-refractivity contribution in [2.45, 2.75) is 19.1 Å². The number of carbonyl (C=O) groups is 1. The summed E-state index contributed by atoms with van der Waals surface area (Å²) in [6.45, 7) is 1.92. The molecule has 2 heterocycles. The van der Waals surface area contributed by atoms with E-state index in [1.807, 2.05) is 25.1 Å². The van der Waals surface area contributed by atoms with Gasteiger partial charge in [0.1, 0.15) is 21.9 Å². The van der Waals surface area contributed by atoms with Crippen molar-refractivity contribution in [2.75, 3.05) is 5.75 Å². The van der Waals surface area contributed by atoms with Gasteiger partial charge in [-0.1, -0.05) is 24.3 Å². The fourth-order valence-electron chi connectivity index (χ4n) is 2.90. The van der Waals surface area contributed by atoms with Crippen molar-refractivity contribution in [1.82, 2.24) is 4.98 Å². The Morgan fingerprint density at radius 2 is 2.00 bits per heavy atom. The molecule has 0 spiro atoms. The minimum atomic E-state index is -1.49. The number of hydrogen-bond acceptors (Lipinski definition) is 8. The fourth-order valence-corrected chi connectivity index (χ4v) is 4.99. The molecule has 10 heteroatoms. The summed E-state index contributed by atoms with van der Waals surface area (Å²) in [6.07, 6.45) is -0.226. The number of thioether (sulfide) groups is 1. The van der Waals surface area contributed by atoms with Crippen molar-refractivity contribution in [2.24, 2.45) is 4.99 Å². The molecule has 3 aromatic rings. The Morgan fingerprint density at radius 1 is 1.24 bits per heavy atom. The lowest BCUT2D eigenvalue weighted by Crippen LogP contribution is -2.29. The number of carboxylic acid groups (broad SMARTS) is 1. The summed E-state index contributed by atoms with van der Waals surface area (Å²) >= 11 is 2.87. The van der Waals surface area contributed by atoms with Gasteiger partial charge in [0.2, 0.25) is 0 Å². The predicted molar refractivity (Wildman–Crippen MR) is 115 cm³/mol. The van der Waals surface area contributed by atoms with Gasteiger partial charge in [0.05, 0.1) is 10.2 Å². The number of fused-ring (bicyclic) bond motifs is 1. The molecule has 2 unspecified atom stereocenters. The molecule has 0 saturated carbocycles. The van der Waals surface area contributed by atoms with Gasteiger partial charge in [-0.25, -0.2) is 9.78 Å². The van der Waals surface area contributed by atoms with Gasteiger partial charge in [0.15, 0.2) is 6.04 Å². The highest BCUT2D eigenvalue weighted by Crippen LogP contribution is 2.32. The molecule has 148 valence electrons. The quantitative estimate of drug-likeness (QED) is 0.516. The van der Waals surface area contributed by atoms with Gasteiger partial charge in [-0.05, 0) is 36.1 Å². The highest BCUT2D eigenvalue weighted by Gasteiger charge is 2.27. The molecule has 2 aromatic carbocycles. The summed E-state index contributed by atoms with van der Waals surface area (Å²) in [5.74, 6) is 0.203. The van der Waals surface area contributed by atoms with Gasteiger partial charge in [0, 0.05) is 5.75 Å². The van der Waals surface area contributed by atoms with Gasteiger partial charge in [-0.2, -0.15) is 0 Å². The molecule has 1 aliphatic rings. The first kappa shape index (κ1) is 19.9. The molecule has 4 rings (SSSR count). The number of ether oxygens (including phenoxy) is 1. The third kappa shape index (κ3) is 4.30. The number of hydrogen-bond donors (Lipinski definition) is 3. The molecule has 29 heavy (non-hydrogen) atoms. The van der Waals surface area contributed by atoms with Crippen LogP contribution in [0.3, 0.4) is 0 Å². The second-order valence-electron chi connectivity index (χ2n) is 6.55. The maximum absolute atomic E-state index is 11.1. The van der Waals surface area contributed by atoms with Gasteiger partial charge in [-0.3, -0.25) is 4.99 Å². The number of aliphatic imine (C=N–C) groups is 1. The molecule has 2 atom stereocenters. The van der Waals surface area contributed by atoms with Crippen molar-refractivity contribution in [3.8, 4) is 5.75 Å². The molecule has 0 aliphatic carbocycles. The molecule has 0 radical (unpaired) electrons. The van der Waals surface area contributed by atoms with E-state index in [-0.39, 0.29) is 6.10 Å². The first-order valence-corrected chi connectivity index (χ1v) is 10.7. The lowest BCUT2D eigenvalue weighted by Gasteiger charge is -2.15. The molecule has 7 nitrogen and oxygen atoms in total. The minimum absolute atomic E-state index is 0.226. The Bertz CT molecular complexity index is 1080. The topological polar surface area (TPSA) is 112 Å². The first-order valence-electron chi connectivity index (χ1n) is 8.88. The Hall–Kier alpha value is -2.40. The van der Waals surface area contributed by atoms with Crippen molar-refractivity contribution in [3.63, 3.8) is 0 Å². The molecule has 3 N–H and O–H groups in total. The Kier molecular flexibility index (Phi) is 5.59. The van der Waals surface area contributed by atoms with E-state index >= 15 is 0 Å². The predicted octanol–water partition coefficient (Wildman–Crippen LogP) is 2.06. The highest BCUT2D eigenvalue weighted by atomic mass is 32.2. The van der Waals surface area contributed by atoms with E-state index in [0.717, 1.165) is 20.8 Å². The van der Waals surface area contributed by atoms with Crippen LogP contribution in [0.15, 0.2) is 47.5 Å². The van der Waals surface area contributed by atoms with Crippen molar-refractivity contribution >= 4 is 56.9 Å². The van der Waals surface area contributed by atoms with E-state index in [0.29, 0.717) is 22.0 Å². The smallest absolute Gasteiger partial charge is 0.486 e. The Morgan fingerprint density at radius 3 is 2.66 bits per heavy atom. The number of aliphatic carboxylic acids is 1. The van der Waals surface area contributed by atoms with E-state index in [2.05, 4.69) is 9.98 Å². The maximum Gasteiger partial charge on any atom is 0.488 e. The molecule has 0 amide bonds. The number of carboxylic acids is 1. The van der Waals surface area contributed by atoms with Crippen LogP contribution in [0, 0.1) is 0 Å². The lowest BCUT2D eigenvalue weighted by molar-refractivity contribution is -0.137. The fraction of sp³-hybridized carbons (Fsp3) is 0.211. The molecule has 0 bridgehead atoms.